The average Bonchev–Trinajstić information content (AvgIpc) is 2.59. The smallest absolute Gasteiger partial charge is 0.234 e. The van der Waals surface area contributed by atoms with E-state index in [2.05, 4.69) is 15.9 Å². The summed E-state index contributed by atoms with van der Waals surface area (Å²) in [6, 6.07) is 12.8. The predicted octanol–water partition coefficient (Wildman–Crippen LogP) is 3.54. The van der Waals surface area contributed by atoms with E-state index in [9.17, 15) is 24.8 Å². The number of carbonyl (C=O) groups is 2. The standard InChI is InChI=1S/C18H12BrNO5/c19-11-7-5-10(6-8-11)14(9-20(24)25)15-16(21)12-3-1-2-4-13(12)17(22)18(15)23/h1-8,14,21H,9H2/t14-/m0/s1. The molecule has 0 aliphatic heterocycles. The van der Waals surface area contributed by atoms with Gasteiger partial charge in [-0.1, -0.05) is 52.3 Å². The van der Waals surface area contributed by atoms with Gasteiger partial charge in [0, 0.05) is 20.5 Å². The van der Waals surface area contributed by atoms with Gasteiger partial charge in [0.1, 0.15) is 5.76 Å². The highest BCUT2D eigenvalue weighted by atomic mass is 79.9. The predicted molar refractivity (Wildman–Crippen MR) is 94.1 cm³/mol. The quantitative estimate of drug-likeness (QED) is 0.479. The maximum Gasteiger partial charge on any atom is 0.234 e. The number of halogens is 1. The van der Waals surface area contributed by atoms with Crippen LogP contribution >= 0.6 is 15.9 Å². The van der Waals surface area contributed by atoms with Gasteiger partial charge in [-0.3, -0.25) is 19.7 Å². The summed E-state index contributed by atoms with van der Waals surface area (Å²) >= 11 is 3.28. The minimum Gasteiger partial charge on any atom is -0.507 e. The van der Waals surface area contributed by atoms with Crippen LogP contribution < -0.4 is 0 Å². The fourth-order valence-corrected chi connectivity index (χ4v) is 3.18. The molecule has 1 N–H and O–H groups in total. The minimum absolute atomic E-state index is 0.101. The van der Waals surface area contributed by atoms with Crippen LogP contribution in [0.4, 0.5) is 0 Å². The van der Waals surface area contributed by atoms with Crippen LogP contribution in [0.2, 0.25) is 0 Å². The van der Waals surface area contributed by atoms with Crippen molar-refractivity contribution in [2.45, 2.75) is 5.92 Å². The van der Waals surface area contributed by atoms with Gasteiger partial charge in [0.15, 0.2) is 0 Å². The van der Waals surface area contributed by atoms with Gasteiger partial charge < -0.3 is 5.11 Å². The molecule has 0 fully saturated rings. The number of carbonyl (C=O) groups excluding carboxylic acids is 2. The van der Waals surface area contributed by atoms with E-state index in [0.717, 1.165) is 4.47 Å². The lowest BCUT2D eigenvalue weighted by atomic mass is 9.79. The number of nitrogens with zero attached hydrogens (tertiary/aromatic N) is 1. The second-order valence-corrected chi connectivity index (χ2v) is 6.50. The molecule has 126 valence electrons. The first-order valence-electron chi connectivity index (χ1n) is 7.39. The van der Waals surface area contributed by atoms with E-state index in [1.807, 2.05) is 0 Å². The zero-order chi connectivity index (χ0) is 18.1. The summed E-state index contributed by atoms with van der Waals surface area (Å²) in [6.07, 6.45) is 0. The fraction of sp³-hybridized carbons (Fsp3) is 0.111. The van der Waals surface area contributed by atoms with Crippen LogP contribution in [0.3, 0.4) is 0 Å². The van der Waals surface area contributed by atoms with Crippen LogP contribution in [0, 0.1) is 10.1 Å². The third kappa shape index (κ3) is 3.10. The van der Waals surface area contributed by atoms with E-state index >= 15 is 0 Å². The molecule has 2 aromatic carbocycles. The molecular weight excluding hydrogens is 390 g/mol. The lowest BCUT2D eigenvalue weighted by Crippen LogP contribution is -2.30. The number of fused-ring (bicyclic) bond motifs is 1. The van der Waals surface area contributed by atoms with Crippen LogP contribution in [0.5, 0.6) is 0 Å². The molecule has 6 nitrogen and oxygen atoms in total. The third-order valence-electron chi connectivity index (χ3n) is 4.09. The maximum atomic E-state index is 12.6. The van der Waals surface area contributed by atoms with Crippen molar-refractivity contribution in [2.75, 3.05) is 6.54 Å². The molecule has 0 aromatic heterocycles. The molecule has 0 heterocycles. The van der Waals surface area contributed by atoms with Crippen molar-refractivity contribution in [3.8, 4) is 0 Å². The number of ketones is 2. The Morgan fingerprint density at radius 3 is 2.20 bits per heavy atom. The molecular formula is C18H12BrNO5. The van der Waals surface area contributed by atoms with Crippen molar-refractivity contribution in [1.29, 1.82) is 0 Å². The molecule has 0 unspecified atom stereocenters. The summed E-state index contributed by atoms with van der Waals surface area (Å²) in [6.45, 7) is -0.609. The van der Waals surface area contributed by atoms with Crippen LogP contribution in [0.25, 0.3) is 5.76 Å². The summed E-state index contributed by atoms with van der Waals surface area (Å²) in [7, 11) is 0. The van der Waals surface area contributed by atoms with Crippen molar-refractivity contribution in [2.24, 2.45) is 0 Å². The van der Waals surface area contributed by atoms with E-state index in [1.54, 1.807) is 36.4 Å². The maximum absolute atomic E-state index is 12.6. The van der Waals surface area contributed by atoms with E-state index in [-0.39, 0.29) is 22.5 Å². The molecule has 0 bridgehead atoms. The lowest BCUT2D eigenvalue weighted by Gasteiger charge is -2.22. The zero-order valence-electron chi connectivity index (χ0n) is 12.8. The largest absolute Gasteiger partial charge is 0.507 e. The Bertz CT molecular complexity index is 917. The van der Waals surface area contributed by atoms with Gasteiger partial charge >= 0.3 is 0 Å². The first-order chi connectivity index (χ1) is 11.9. The van der Waals surface area contributed by atoms with E-state index in [4.69, 9.17) is 0 Å². The highest BCUT2D eigenvalue weighted by Gasteiger charge is 2.39. The van der Waals surface area contributed by atoms with Crippen molar-refractivity contribution < 1.29 is 19.6 Å². The molecule has 3 rings (SSSR count). The van der Waals surface area contributed by atoms with Gasteiger partial charge in [-0.15, -0.1) is 0 Å². The van der Waals surface area contributed by atoms with Crippen LogP contribution in [0.1, 0.15) is 27.4 Å². The Labute approximate surface area is 151 Å². The number of Topliss-reactive ketones (excluding diaryl/α,β-unsaturated/α-hetero) is 2. The highest BCUT2D eigenvalue weighted by Crippen LogP contribution is 2.36. The Morgan fingerprint density at radius 2 is 1.60 bits per heavy atom. The van der Waals surface area contributed by atoms with Crippen molar-refractivity contribution in [3.05, 3.63) is 85.4 Å². The van der Waals surface area contributed by atoms with Gasteiger partial charge in [-0.25, -0.2) is 0 Å². The number of aliphatic hydroxyl groups is 1. The zero-order valence-corrected chi connectivity index (χ0v) is 14.4. The molecule has 0 radical (unpaired) electrons. The molecule has 1 aliphatic carbocycles. The molecule has 1 atom stereocenters. The van der Waals surface area contributed by atoms with Crippen LogP contribution in [0.15, 0.2) is 58.6 Å². The second kappa shape index (κ2) is 6.60. The summed E-state index contributed by atoms with van der Waals surface area (Å²) < 4.78 is 0.769. The minimum atomic E-state index is -1.02. The molecule has 7 heteroatoms. The monoisotopic (exact) mass is 401 g/mol. The van der Waals surface area contributed by atoms with Gasteiger partial charge in [0.05, 0.1) is 11.5 Å². The topological polar surface area (TPSA) is 97.5 Å². The third-order valence-corrected chi connectivity index (χ3v) is 4.61. The summed E-state index contributed by atoms with van der Waals surface area (Å²) in [5, 5.41) is 21.7. The van der Waals surface area contributed by atoms with Gasteiger partial charge in [0.25, 0.3) is 0 Å². The molecule has 1 aliphatic rings. The highest BCUT2D eigenvalue weighted by molar-refractivity contribution is 9.10. The average molecular weight is 402 g/mol. The van der Waals surface area contributed by atoms with Crippen molar-refractivity contribution in [3.63, 3.8) is 0 Å². The summed E-state index contributed by atoms with van der Waals surface area (Å²) in [4.78, 5) is 35.5. The fourth-order valence-electron chi connectivity index (χ4n) is 2.92. The first-order valence-corrected chi connectivity index (χ1v) is 8.18. The number of benzene rings is 2. The number of rotatable bonds is 4. The molecule has 0 amide bonds. The molecule has 25 heavy (non-hydrogen) atoms. The Morgan fingerprint density at radius 1 is 1.00 bits per heavy atom. The van der Waals surface area contributed by atoms with Crippen molar-refractivity contribution in [1.82, 2.24) is 0 Å². The Hall–Kier alpha value is -2.80. The number of hydrogen-bond donors (Lipinski definition) is 1. The number of hydrogen-bond acceptors (Lipinski definition) is 5. The normalized spacial score (nSPS) is 15.1. The first kappa shape index (κ1) is 17.0. The van der Waals surface area contributed by atoms with E-state index in [0.29, 0.717) is 5.56 Å². The van der Waals surface area contributed by atoms with Gasteiger partial charge in [-0.05, 0) is 17.7 Å². The van der Waals surface area contributed by atoms with Crippen LogP contribution in [-0.2, 0) is 4.79 Å². The Balaban J connectivity index is 2.20. The molecule has 2 aromatic rings. The lowest BCUT2D eigenvalue weighted by molar-refractivity contribution is -0.481. The second-order valence-electron chi connectivity index (χ2n) is 5.59. The van der Waals surface area contributed by atoms with E-state index in [1.165, 1.54) is 12.1 Å². The SMILES string of the molecule is O=C1C(=O)c2ccccc2C(O)=C1[C@@H](C[N+](=O)[O-])c1ccc(Br)cc1. The van der Waals surface area contributed by atoms with Crippen molar-refractivity contribution >= 4 is 33.3 Å². The molecule has 0 spiro atoms. The summed E-state index contributed by atoms with van der Waals surface area (Å²) in [5.41, 5.74) is 0.557. The molecule has 0 saturated heterocycles. The van der Waals surface area contributed by atoms with Gasteiger partial charge in [0.2, 0.25) is 18.1 Å². The number of nitro groups is 1. The van der Waals surface area contributed by atoms with E-state index < -0.39 is 29.0 Å². The number of aliphatic hydroxyl groups excluding tert-OH is 1. The Kier molecular flexibility index (Phi) is 4.50. The van der Waals surface area contributed by atoms with Gasteiger partial charge in [-0.2, -0.15) is 0 Å². The van der Waals surface area contributed by atoms with Crippen LogP contribution in [-0.4, -0.2) is 28.1 Å². The molecule has 0 saturated carbocycles. The summed E-state index contributed by atoms with van der Waals surface area (Å²) in [5.74, 6) is -3.08.